The molecule has 2 aliphatic heterocycles. The van der Waals surface area contributed by atoms with Crippen molar-refractivity contribution in [2.24, 2.45) is 20.0 Å². The van der Waals surface area contributed by atoms with Crippen LogP contribution in [0.5, 0.6) is 34.5 Å². The van der Waals surface area contributed by atoms with Crippen LogP contribution in [-0.4, -0.2) is 112 Å². The maximum atomic E-state index is 13.1. The van der Waals surface area contributed by atoms with E-state index in [4.69, 9.17) is 19.5 Å². The van der Waals surface area contributed by atoms with Crippen LogP contribution in [-0.2, 0) is 33.0 Å². The topological polar surface area (TPSA) is 167 Å². The van der Waals surface area contributed by atoms with E-state index >= 15 is 0 Å². The Morgan fingerprint density at radius 1 is 0.412 bits per heavy atom. The van der Waals surface area contributed by atoms with Gasteiger partial charge in [-0.1, -0.05) is 169 Å². The second kappa shape index (κ2) is 31.5. The van der Waals surface area contributed by atoms with E-state index in [-0.39, 0.29) is 56.0 Å². The minimum Gasteiger partial charge on any atom is -0.872 e. The molecule has 0 spiro atoms. The van der Waals surface area contributed by atoms with Gasteiger partial charge in [0.05, 0.1) is 37.6 Å². The predicted molar refractivity (Wildman–Crippen MR) is 309 cm³/mol. The third kappa shape index (κ3) is 16.9. The van der Waals surface area contributed by atoms with E-state index in [0.29, 0.717) is 84.6 Å². The molecule has 2 aliphatic rings. The molecule has 0 saturated carbocycles. The molecule has 10 rings (SSSR count). The van der Waals surface area contributed by atoms with Gasteiger partial charge in [0, 0.05) is 36.6 Å². The number of hydrogen-bond acceptors (Lipinski definition) is 12. The van der Waals surface area contributed by atoms with Gasteiger partial charge < -0.3 is 29.9 Å². The fourth-order valence-electron chi connectivity index (χ4n) is 9.95. The number of hydrogen-bond donors (Lipinski definition) is 0. The molecular weight excluding hydrogens is 1090 g/mol. The molecule has 0 unspecified atom stereocenters. The molecule has 14 heteroatoms. The van der Waals surface area contributed by atoms with Crippen LogP contribution in [0.2, 0.25) is 0 Å². The van der Waals surface area contributed by atoms with Crippen LogP contribution in [0.15, 0.2) is 190 Å². The van der Waals surface area contributed by atoms with E-state index < -0.39 is 0 Å². The van der Waals surface area contributed by atoms with Crippen LogP contribution in [0, 0.1) is 0 Å². The average molecular weight is 1160 g/mol. The number of fused-ring (bicyclic) bond motifs is 2. The summed E-state index contributed by atoms with van der Waals surface area (Å²) in [6, 6.07) is 52.2. The Kier molecular flexibility index (Phi) is 23.7. The summed E-state index contributed by atoms with van der Waals surface area (Å²) >= 11 is 0. The van der Waals surface area contributed by atoms with Crippen molar-refractivity contribution in [3.63, 3.8) is 0 Å². The minimum absolute atomic E-state index is 0. The van der Waals surface area contributed by atoms with Gasteiger partial charge in [-0.3, -0.25) is 29.8 Å². The summed E-state index contributed by atoms with van der Waals surface area (Å²) in [5.41, 5.74) is 5.22. The molecular formula is C66H66N6Ni2O6. The molecule has 0 bridgehead atoms. The van der Waals surface area contributed by atoms with E-state index in [2.05, 4.69) is 19.8 Å². The smallest absolute Gasteiger partial charge is 0.872 e. The maximum absolute atomic E-state index is 13.1. The van der Waals surface area contributed by atoms with E-state index in [1.165, 1.54) is 38.5 Å². The fourth-order valence-corrected chi connectivity index (χ4v) is 9.95. The van der Waals surface area contributed by atoms with Crippen molar-refractivity contribution >= 4 is 45.4 Å². The summed E-state index contributed by atoms with van der Waals surface area (Å²) in [4.78, 5) is 23.3. The van der Waals surface area contributed by atoms with Gasteiger partial charge in [-0.25, -0.2) is 0 Å². The summed E-state index contributed by atoms with van der Waals surface area (Å²) in [5, 5.41) is 54.9. The molecule has 0 aliphatic carbocycles. The van der Waals surface area contributed by atoms with Crippen molar-refractivity contribution in [3.05, 3.63) is 203 Å². The number of likely N-dealkylation sites (tertiary alicyclic amines) is 2. The van der Waals surface area contributed by atoms with Crippen LogP contribution < -0.4 is 29.9 Å². The average Bonchev–Trinajstić information content (AvgIpc) is 3.49. The minimum atomic E-state index is -0.122. The van der Waals surface area contributed by atoms with Gasteiger partial charge in [0.25, 0.3) is 0 Å². The molecule has 2 saturated heterocycles. The Bertz CT molecular complexity index is 3120. The Morgan fingerprint density at radius 3 is 1.20 bits per heavy atom. The fraction of sp³-hybridized carbons (Fsp3) is 0.273. The number of rotatable bonds is 20. The summed E-state index contributed by atoms with van der Waals surface area (Å²) in [6.07, 6.45) is 10.9. The first kappa shape index (κ1) is 60.3. The Hall–Kier alpha value is -7.33. The van der Waals surface area contributed by atoms with Crippen LogP contribution >= 0.6 is 0 Å². The van der Waals surface area contributed by atoms with Gasteiger partial charge in [-0.05, 0) is 132 Å². The third-order valence-electron chi connectivity index (χ3n) is 14.1. The number of nitrogens with zero attached hydrogens (tertiary/aromatic N) is 6. The van der Waals surface area contributed by atoms with Crippen molar-refractivity contribution < 1.29 is 62.9 Å². The number of benzene rings is 8. The molecule has 8 aromatic carbocycles. The van der Waals surface area contributed by atoms with Crippen molar-refractivity contribution in [1.82, 2.24) is 9.80 Å². The van der Waals surface area contributed by atoms with Crippen LogP contribution in [0.4, 0.5) is 0 Å². The first-order valence-corrected chi connectivity index (χ1v) is 27.3. The summed E-state index contributed by atoms with van der Waals surface area (Å²) in [6.45, 7) is 8.92. The number of ether oxygens (including phenoxy) is 2. The predicted octanol–water partition coefficient (Wildman–Crippen LogP) is 9.61. The Morgan fingerprint density at radius 2 is 0.800 bits per heavy atom. The zero-order valence-corrected chi connectivity index (χ0v) is 46.8. The Labute approximate surface area is 490 Å². The van der Waals surface area contributed by atoms with Gasteiger partial charge >= 0.3 is 33.0 Å². The molecule has 0 radical (unpaired) electrons. The van der Waals surface area contributed by atoms with Gasteiger partial charge in [-0.15, -0.1) is 0 Å². The van der Waals surface area contributed by atoms with Gasteiger partial charge in [0.1, 0.15) is 24.7 Å². The molecule has 416 valence electrons. The Balaban J connectivity index is 0.000000225. The quantitative estimate of drug-likeness (QED) is 0.0413. The molecule has 80 heavy (non-hydrogen) atoms. The van der Waals surface area contributed by atoms with Crippen molar-refractivity contribution in [3.8, 4) is 34.5 Å². The first-order chi connectivity index (χ1) is 38.4. The molecule has 8 aromatic rings. The van der Waals surface area contributed by atoms with Crippen molar-refractivity contribution in [1.29, 1.82) is 0 Å². The molecule has 0 aromatic heterocycles. The largest absolute Gasteiger partial charge is 2.00 e. The monoisotopic (exact) mass is 1150 g/mol. The van der Waals surface area contributed by atoms with Crippen molar-refractivity contribution in [2.75, 3.05) is 78.7 Å². The number of piperidine rings is 2. The summed E-state index contributed by atoms with van der Waals surface area (Å²) < 4.78 is 11.8. The van der Waals surface area contributed by atoms with Crippen LogP contribution in [0.3, 0.4) is 0 Å². The zero-order valence-electron chi connectivity index (χ0n) is 44.8. The molecule has 0 amide bonds. The molecule has 2 heterocycles. The third-order valence-corrected chi connectivity index (χ3v) is 14.1. The molecule has 12 nitrogen and oxygen atoms in total. The van der Waals surface area contributed by atoms with E-state index in [1.807, 2.05) is 133 Å². The second-order valence-electron chi connectivity index (χ2n) is 19.5. The second-order valence-corrected chi connectivity index (χ2v) is 19.5. The summed E-state index contributed by atoms with van der Waals surface area (Å²) in [7, 11) is 0. The van der Waals surface area contributed by atoms with Crippen LogP contribution in [0.1, 0.15) is 71.9 Å². The normalized spacial score (nSPS) is 14.3. The SMILES string of the molecule is [Ni+2].[Ni+2].[O-]c1cc(OCCN2CCCCC2)ccc1C(=NCCN=Cc1c([O-])ccc2ccccc12)c1ccccc1.[O-]c1cc(OCCN2CCCCC2)ccc1C(=NCCN=Cc1c([O-])ccc2ccccc12)c1ccccc1. The first-order valence-electron chi connectivity index (χ1n) is 27.3. The number of aliphatic imine (C=N–C) groups is 4. The van der Waals surface area contributed by atoms with Gasteiger partial charge in [0.15, 0.2) is 0 Å². The zero-order chi connectivity index (χ0) is 53.7. The maximum Gasteiger partial charge on any atom is 2.00 e. The van der Waals surface area contributed by atoms with Gasteiger partial charge in [0.2, 0.25) is 0 Å². The summed E-state index contributed by atoms with van der Waals surface area (Å²) in [5.74, 6) is 0.814. The molecule has 2 fully saturated rings. The van der Waals surface area contributed by atoms with Crippen LogP contribution in [0.25, 0.3) is 21.5 Å². The standard InChI is InChI=1S/2C33H35N3O3.2Ni/c2*37-31-16-13-25-9-5-6-12-28(25)30(31)24-34-17-18-35-33(26-10-3-1-4-11-26)29-15-14-27(23-32(29)38)39-22-21-36-19-7-2-8-20-36;;/h2*1,3-6,9-16,23-24,37-38H,2,7-8,17-22H2;;/q;;2*+2/p-4. The van der Waals surface area contributed by atoms with E-state index in [9.17, 15) is 20.4 Å². The van der Waals surface area contributed by atoms with Gasteiger partial charge in [-0.2, -0.15) is 0 Å². The molecule has 0 atom stereocenters. The van der Waals surface area contributed by atoms with Crippen molar-refractivity contribution in [2.45, 2.75) is 38.5 Å². The van der Waals surface area contributed by atoms with E-state index in [1.54, 1.807) is 48.8 Å². The molecule has 0 N–H and O–H groups in total. The van der Waals surface area contributed by atoms with E-state index in [0.717, 1.165) is 71.9 Å².